The molecule has 4 nitrogen and oxygen atoms in total. The molecule has 0 spiro atoms. The Kier molecular flexibility index (Phi) is 5.01. The molecule has 2 fully saturated rings. The molecule has 1 aliphatic carbocycles. The number of piperidine rings is 1. The monoisotopic (exact) mass is 338 g/mol. The quantitative estimate of drug-likeness (QED) is 0.846. The molecule has 1 saturated heterocycles. The topological polar surface area (TPSA) is 42.4 Å². The first-order valence-corrected chi connectivity index (χ1v) is 8.69. The van der Waals surface area contributed by atoms with E-state index in [2.05, 4.69) is 4.98 Å². The lowest BCUT2D eigenvalue weighted by Gasteiger charge is -2.36. The summed E-state index contributed by atoms with van der Waals surface area (Å²) < 4.78 is 32.3. The van der Waals surface area contributed by atoms with Gasteiger partial charge in [0.2, 0.25) is 17.7 Å². The molecule has 6 heteroatoms. The minimum Gasteiger partial charge on any atom is -0.474 e. The van der Waals surface area contributed by atoms with Crippen molar-refractivity contribution in [2.45, 2.75) is 57.5 Å². The summed E-state index contributed by atoms with van der Waals surface area (Å²) >= 11 is 0. The van der Waals surface area contributed by atoms with Crippen LogP contribution in [0.25, 0.3) is 0 Å². The van der Waals surface area contributed by atoms with Crippen LogP contribution < -0.4 is 4.74 Å². The first kappa shape index (κ1) is 17.1. The number of nitrogens with zero attached hydrogens (tertiary/aromatic N) is 2. The predicted octanol–water partition coefficient (Wildman–Crippen LogP) is 3.59. The first-order valence-electron chi connectivity index (χ1n) is 8.69. The van der Waals surface area contributed by atoms with Gasteiger partial charge >= 0.3 is 0 Å². The van der Waals surface area contributed by atoms with Crippen LogP contribution in [0.15, 0.2) is 18.3 Å². The van der Waals surface area contributed by atoms with Gasteiger partial charge in [0, 0.05) is 57.0 Å². The molecular weight excluding hydrogens is 314 g/mol. The molecule has 24 heavy (non-hydrogen) atoms. The van der Waals surface area contributed by atoms with Crippen molar-refractivity contribution in [1.82, 2.24) is 9.88 Å². The highest BCUT2D eigenvalue weighted by molar-refractivity contribution is 5.79. The number of carbonyl (C=O) groups is 1. The number of aromatic nitrogens is 1. The number of carbonyl (C=O) groups excluding carboxylic acids is 1. The van der Waals surface area contributed by atoms with Gasteiger partial charge in [0.15, 0.2) is 0 Å². The minimum absolute atomic E-state index is 0.0393. The van der Waals surface area contributed by atoms with E-state index in [4.69, 9.17) is 4.74 Å². The van der Waals surface area contributed by atoms with E-state index in [-0.39, 0.29) is 30.8 Å². The van der Waals surface area contributed by atoms with Crippen LogP contribution in [0.2, 0.25) is 0 Å². The lowest BCUT2D eigenvalue weighted by Crippen LogP contribution is -2.45. The van der Waals surface area contributed by atoms with E-state index >= 15 is 0 Å². The average molecular weight is 338 g/mol. The Morgan fingerprint density at radius 3 is 2.46 bits per heavy atom. The fourth-order valence-corrected chi connectivity index (χ4v) is 3.43. The zero-order chi connectivity index (χ0) is 17.2. The van der Waals surface area contributed by atoms with Crippen LogP contribution in [-0.2, 0) is 4.79 Å². The number of ether oxygens (including phenoxy) is 1. The summed E-state index contributed by atoms with van der Waals surface area (Å²) in [5.74, 6) is -2.17. The molecule has 1 aromatic rings. The van der Waals surface area contributed by atoms with E-state index in [1.807, 2.05) is 24.0 Å². The number of halogens is 2. The van der Waals surface area contributed by atoms with Gasteiger partial charge in [0.1, 0.15) is 6.10 Å². The van der Waals surface area contributed by atoms with Crippen LogP contribution in [0.3, 0.4) is 0 Å². The Balaban J connectivity index is 1.46. The van der Waals surface area contributed by atoms with Gasteiger partial charge in [-0.05, 0) is 25.3 Å². The van der Waals surface area contributed by atoms with Crippen molar-refractivity contribution in [3.05, 3.63) is 23.9 Å². The summed E-state index contributed by atoms with van der Waals surface area (Å²) in [5, 5.41) is 0. The van der Waals surface area contributed by atoms with Gasteiger partial charge in [0.25, 0.3) is 0 Å². The van der Waals surface area contributed by atoms with E-state index in [0.29, 0.717) is 31.8 Å². The predicted molar refractivity (Wildman–Crippen MR) is 86.1 cm³/mol. The number of likely N-dealkylation sites (tertiary alicyclic amines) is 1. The summed E-state index contributed by atoms with van der Waals surface area (Å²) in [6, 6.07) is 3.81. The Morgan fingerprint density at radius 2 is 1.88 bits per heavy atom. The smallest absolute Gasteiger partial charge is 0.248 e. The summed E-state index contributed by atoms with van der Waals surface area (Å²) in [7, 11) is 0. The second-order valence-corrected chi connectivity index (χ2v) is 6.95. The summed E-state index contributed by atoms with van der Waals surface area (Å²) in [6.07, 6.45) is 3.61. The molecule has 0 aromatic carbocycles. The summed E-state index contributed by atoms with van der Waals surface area (Å²) in [5.41, 5.74) is 1.08. The van der Waals surface area contributed by atoms with Gasteiger partial charge in [-0.3, -0.25) is 4.79 Å². The number of rotatable bonds is 3. The molecular formula is C18H24F2N2O2. The highest BCUT2D eigenvalue weighted by Crippen LogP contribution is 2.37. The Labute approximate surface area is 141 Å². The Hall–Kier alpha value is -1.72. The highest BCUT2D eigenvalue weighted by atomic mass is 19.3. The molecule has 0 atom stereocenters. The van der Waals surface area contributed by atoms with Gasteiger partial charge in [0.05, 0.1) is 0 Å². The molecule has 1 aromatic heterocycles. The standard InChI is InChI=1S/C18H24F2N2O2/c1-13-2-3-16(21-12-13)24-15-6-10-22(11-7-15)17(23)14-4-8-18(19,20)9-5-14/h2-3,12,14-15H,4-11H2,1H3. The van der Waals surface area contributed by atoms with Crippen LogP contribution >= 0.6 is 0 Å². The maximum Gasteiger partial charge on any atom is 0.248 e. The Morgan fingerprint density at radius 1 is 1.21 bits per heavy atom. The van der Waals surface area contributed by atoms with Crippen molar-refractivity contribution >= 4 is 5.91 Å². The minimum atomic E-state index is -2.58. The molecule has 1 amide bonds. The second-order valence-electron chi connectivity index (χ2n) is 6.95. The van der Waals surface area contributed by atoms with Gasteiger partial charge in [-0.2, -0.15) is 0 Å². The lowest BCUT2D eigenvalue weighted by molar-refractivity contribution is -0.141. The van der Waals surface area contributed by atoms with Gasteiger partial charge in [-0.15, -0.1) is 0 Å². The zero-order valence-corrected chi connectivity index (χ0v) is 14.0. The third-order valence-corrected chi connectivity index (χ3v) is 4.99. The van der Waals surface area contributed by atoms with Crippen LogP contribution in [0.4, 0.5) is 8.78 Å². The zero-order valence-electron chi connectivity index (χ0n) is 14.0. The molecule has 0 N–H and O–H groups in total. The number of hydrogen-bond acceptors (Lipinski definition) is 3. The normalized spacial score (nSPS) is 22.4. The van der Waals surface area contributed by atoms with Gasteiger partial charge < -0.3 is 9.64 Å². The molecule has 1 saturated carbocycles. The lowest BCUT2D eigenvalue weighted by atomic mass is 9.85. The SMILES string of the molecule is Cc1ccc(OC2CCN(C(=O)C3CCC(F)(F)CC3)CC2)nc1. The van der Waals surface area contributed by atoms with Crippen molar-refractivity contribution in [2.75, 3.05) is 13.1 Å². The number of aryl methyl sites for hydroxylation is 1. The second kappa shape index (κ2) is 7.03. The van der Waals surface area contributed by atoms with Crippen LogP contribution in [0, 0.1) is 12.8 Å². The van der Waals surface area contributed by atoms with Crippen LogP contribution in [-0.4, -0.2) is 40.9 Å². The van der Waals surface area contributed by atoms with E-state index < -0.39 is 5.92 Å². The van der Waals surface area contributed by atoms with Crippen molar-refractivity contribution in [3.8, 4) is 5.88 Å². The Bertz CT molecular complexity index is 559. The summed E-state index contributed by atoms with van der Waals surface area (Å²) in [4.78, 5) is 18.6. The fourth-order valence-electron chi connectivity index (χ4n) is 3.43. The molecule has 0 unspecified atom stereocenters. The number of amides is 1. The number of hydrogen-bond donors (Lipinski definition) is 0. The molecule has 1 aliphatic heterocycles. The van der Waals surface area contributed by atoms with E-state index in [1.165, 1.54) is 0 Å². The van der Waals surface area contributed by atoms with Crippen molar-refractivity contribution in [2.24, 2.45) is 5.92 Å². The highest BCUT2D eigenvalue weighted by Gasteiger charge is 2.39. The fraction of sp³-hybridized carbons (Fsp3) is 0.667. The number of pyridine rings is 1. The van der Waals surface area contributed by atoms with Gasteiger partial charge in [-0.25, -0.2) is 13.8 Å². The van der Waals surface area contributed by atoms with E-state index in [0.717, 1.165) is 18.4 Å². The van der Waals surface area contributed by atoms with Crippen LogP contribution in [0.1, 0.15) is 44.1 Å². The average Bonchev–Trinajstić information content (AvgIpc) is 2.57. The molecule has 2 aliphatic rings. The van der Waals surface area contributed by atoms with E-state index in [9.17, 15) is 13.6 Å². The van der Waals surface area contributed by atoms with Crippen molar-refractivity contribution in [3.63, 3.8) is 0 Å². The number of alkyl halides is 2. The maximum atomic E-state index is 13.2. The third-order valence-electron chi connectivity index (χ3n) is 4.99. The summed E-state index contributed by atoms with van der Waals surface area (Å²) in [6.45, 7) is 3.23. The first-order chi connectivity index (χ1) is 11.4. The molecule has 3 rings (SSSR count). The van der Waals surface area contributed by atoms with Gasteiger partial charge in [-0.1, -0.05) is 6.07 Å². The maximum absolute atomic E-state index is 13.2. The molecule has 2 heterocycles. The van der Waals surface area contributed by atoms with Crippen molar-refractivity contribution in [1.29, 1.82) is 0 Å². The molecule has 0 radical (unpaired) electrons. The molecule has 0 bridgehead atoms. The van der Waals surface area contributed by atoms with E-state index in [1.54, 1.807) is 6.20 Å². The van der Waals surface area contributed by atoms with Crippen LogP contribution in [0.5, 0.6) is 5.88 Å². The van der Waals surface area contributed by atoms with Crippen molar-refractivity contribution < 1.29 is 18.3 Å². The molecule has 132 valence electrons. The third kappa shape index (κ3) is 4.22. The largest absolute Gasteiger partial charge is 0.474 e.